The van der Waals surface area contributed by atoms with Crippen molar-refractivity contribution in [3.8, 4) is 0 Å². The van der Waals surface area contributed by atoms with Crippen LogP contribution in [0.1, 0.15) is 40.0 Å². The number of hydrogen-bond acceptors (Lipinski definition) is 3. The Morgan fingerprint density at radius 1 is 1.37 bits per heavy atom. The molecule has 0 aromatic heterocycles. The molecule has 0 unspecified atom stereocenters. The Morgan fingerprint density at radius 2 is 1.89 bits per heavy atom. The second-order valence-corrected chi connectivity index (χ2v) is 5.87. The van der Waals surface area contributed by atoms with Crippen molar-refractivity contribution in [2.45, 2.75) is 57.9 Å². The minimum atomic E-state index is -4.34. The quantitative estimate of drug-likeness (QED) is 0.806. The summed E-state index contributed by atoms with van der Waals surface area (Å²) in [4.78, 5) is 22.2. The Kier molecular flexibility index (Phi) is 4.17. The number of amides is 1. The van der Waals surface area contributed by atoms with Crippen molar-refractivity contribution >= 4 is 12.4 Å². The Hall–Kier alpha value is -1.27. The number of alkyl carbamates (subject to hydrolysis) is 1. The average Bonchev–Trinajstić information content (AvgIpc) is 2.93. The smallest absolute Gasteiger partial charge is 0.408 e. The number of hydrogen-bond donors (Lipinski definition) is 1. The predicted octanol–water partition coefficient (Wildman–Crippen LogP) is 2.81. The molecule has 0 bridgehead atoms. The SMILES string of the molecule is CC(C)(C)OC(=O)N[C@@H](C=O)CC1(C(F)(F)F)CC1. The summed E-state index contributed by atoms with van der Waals surface area (Å²) >= 11 is 0. The number of nitrogens with one attached hydrogen (secondary N) is 1. The monoisotopic (exact) mass is 281 g/mol. The lowest BCUT2D eigenvalue weighted by Gasteiger charge is -2.25. The summed E-state index contributed by atoms with van der Waals surface area (Å²) in [5.74, 6) is 0. The third-order valence-corrected chi connectivity index (χ3v) is 2.93. The molecule has 1 amide bonds. The third kappa shape index (κ3) is 4.40. The van der Waals surface area contributed by atoms with Crippen LogP contribution in [-0.2, 0) is 9.53 Å². The van der Waals surface area contributed by atoms with E-state index >= 15 is 0 Å². The molecule has 0 spiro atoms. The lowest BCUT2D eigenvalue weighted by atomic mass is 9.97. The van der Waals surface area contributed by atoms with E-state index in [1.54, 1.807) is 20.8 Å². The van der Waals surface area contributed by atoms with E-state index < -0.39 is 35.7 Å². The van der Waals surface area contributed by atoms with Crippen molar-refractivity contribution in [1.82, 2.24) is 5.32 Å². The van der Waals surface area contributed by atoms with Gasteiger partial charge in [-0.2, -0.15) is 13.2 Å². The summed E-state index contributed by atoms with van der Waals surface area (Å²) in [6, 6.07) is -1.18. The van der Waals surface area contributed by atoms with Gasteiger partial charge in [0.2, 0.25) is 0 Å². The van der Waals surface area contributed by atoms with E-state index in [1.165, 1.54) is 0 Å². The standard InChI is InChI=1S/C12H18F3NO3/c1-10(2,3)19-9(18)16-8(7-17)6-11(4-5-11)12(13,14)15/h7-8H,4-6H2,1-3H3,(H,16,18)/t8-/m1/s1. The molecule has 1 saturated carbocycles. The molecule has 1 N–H and O–H groups in total. The molecule has 0 aromatic carbocycles. The maximum absolute atomic E-state index is 12.7. The largest absolute Gasteiger partial charge is 0.444 e. The zero-order valence-electron chi connectivity index (χ0n) is 11.1. The van der Waals surface area contributed by atoms with Crippen molar-refractivity contribution in [3.05, 3.63) is 0 Å². The van der Waals surface area contributed by atoms with Gasteiger partial charge in [-0.15, -0.1) is 0 Å². The summed E-state index contributed by atoms with van der Waals surface area (Å²) in [6.07, 6.45) is -5.35. The fourth-order valence-electron chi connectivity index (χ4n) is 1.77. The first-order valence-electron chi connectivity index (χ1n) is 6.01. The molecule has 4 nitrogen and oxygen atoms in total. The van der Waals surface area contributed by atoms with Crippen molar-refractivity contribution in [3.63, 3.8) is 0 Å². The van der Waals surface area contributed by atoms with Crippen LogP contribution in [0.3, 0.4) is 0 Å². The fraction of sp³-hybridized carbons (Fsp3) is 0.833. The van der Waals surface area contributed by atoms with Gasteiger partial charge in [-0.05, 0) is 40.0 Å². The van der Waals surface area contributed by atoms with Gasteiger partial charge in [0.05, 0.1) is 11.5 Å². The lowest BCUT2D eigenvalue weighted by Crippen LogP contribution is -2.43. The molecule has 1 aliphatic rings. The van der Waals surface area contributed by atoms with Crippen molar-refractivity contribution < 1.29 is 27.5 Å². The zero-order valence-corrected chi connectivity index (χ0v) is 11.1. The van der Waals surface area contributed by atoms with Gasteiger partial charge >= 0.3 is 12.3 Å². The van der Waals surface area contributed by atoms with Crippen LogP contribution in [0.15, 0.2) is 0 Å². The van der Waals surface area contributed by atoms with Crippen LogP contribution in [-0.4, -0.2) is 30.2 Å². The molecule has 0 aromatic rings. The maximum atomic E-state index is 12.7. The molecule has 0 heterocycles. The summed E-state index contributed by atoms with van der Waals surface area (Å²) in [7, 11) is 0. The number of rotatable bonds is 4. The number of carbonyl (C=O) groups excluding carboxylic acids is 2. The molecule has 7 heteroatoms. The number of ether oxygens (including phenoxy) is 1. The van der Waals surface area contributed by atoms with Crippen molar-refractivity contribution in [2.75, 3.05) is 0 Å². The van der Waals surface area contributed by atoms with Gasteiger partial charge in [-0.3, -0.25) is 0 Å². The Labute approximate surface area is 109 Å². The molecular formula is C12H18F3NO3. The van der Waals surface area contributed by atoms with E-state index in [-0.39, 0.29) is 12.8 Å². The van der Waals surface area contributed by atoms with Crippen LogP contribution in [0.25, 0.3) is 0 Å². The third-order valence-electron chi connectivity index (χ3n) is 2.93. The van der Waals surface area contributed by atoms with Crippen LogP contribution >= 0.6 is 0 Å². The highest BCUT2D eigenvalue weighted by Gasteiger charge is 2.63. The second-order valence-electron chi connectivity index (χ2n) is 5.87. The number of alkyl halides is 3. The van der Waals surface area contributed by atoms with Crippen LogP contribution in [0.4, 0.5) is 18.0 Å². The normalized spacial score (nSPS) is 19.5. The topological polar surface area (TPSA) is 55.4 Å². The molecule has 0 saturated heterocycles. The van der Waals surface area contributed by atoms with Gasteiger partial charge in [-0.1, -0.05) is 0 Å². The molecule has 1 rings (SSSR count). The maximum Gasteiger partial charge on any atom is 0.408 e. The van der Waals surface area contributed by atoms with E-state index in [4.69, 9.17) is 4.74 Å². The van der Waals surface area contributed by atoms with Crippen LogP contribution in [0.5, 0.6) is 0 Å². The first-order valence-corrected chi connectivity index (χ1v) is 6.01. The molecule has 0 aliphatic heterocycles. The van der Waals surface area contributed by atoms with Crippen molar-refractivity contribution in [1.29, 1.82) is 0 Å². The highest BCUT2D eigenvalue weighted by molar-refractivity contribution is 5.73. The number of aldehydes is 1. The van der Waals surface area contributed by atoms with Gasteiger partial charge in [-0.25, -0.2) is 4.79 Å². The van der Waals surface area contributed by atoms with Gasteiger partial charge in [0.25, 0.3) is 0 Å². The molecule has 0 radical (unpaired) electrons. The van der Waals surface area contributed by atoms with Crippen LogP contribution < -0.4 is 5.32 Å². The molecular weight excluding hydrogens is 263 g/mol. The number of carbonyl (C=O) groups is 2. The van der Waals surface area contributed by atoms with E-state index in [1.807, 2.05) is 0 Å². The minimum absolute atomic E-state index is 0.00314. The summed E-state index contributed by atoms with van der Waals surface area (Å²) in [6.45, 7) is 4.88. The van der Waals surface area contributed by atoms with E-state index in [9.17, 15) is 22.8 Å². The Morgan fingerprint density at radius 3 is 2.21 bits per heavy atom. The molecule has 1 aliphatic carbocycles. The Balaban J connectivity index is 2.56. The predicted molar refractivity (Wildman–Crippen MR) is 61.6 cm³/mol. The van der Waals surface area contributed by atoms with E-state index in [2.05, 4.69) is 5.32 Å². The first kappa shape index (κ1) is 15.8. The average molecular weight is 281 g/mol. The van der Waals surface area contributed by atoms with Gasteiger partial charge < -0.3 is 14.8 Å². The summed E-state index contributed by atoms with van der Waals surface area (Å²) < 4.78 is 43.1. The highest BCUT2D eigenvalue weighted by atomic mass is 19.4. The second kappa shape index (κ2) is 5.02. The summed E-state index contributed by atoms with van der Waals surface area (Å²) in [5.41, 5.74) is -2.59. The summed E-state index contributed by atoms with van der Waals surface area (Å²) in [5, 5.41) is 2.16. The zero-order chi connectivity index (χ0) is 14.9. The molecule has 1 fully saturated rings. The van der Waals surface area contributed by atoms with E-state index in [0.29, 0.717) is 6.29 Å². The lowest BCUT2D eigenvalue weighted by molar-refractivity contribution is -0.190. The fourth-order valence-corrected chi connectivity index (χ4v) is 1.77. The van der Waals surface area contributed by atoms with Gasteiger partial charge in [0.1, 0.15) is 11.9 Å². The van der Waals surface area contributed by atoms with E-state index in [0.717, 1.165) is 0 Å². The van der Waals surface area contributed by atoms with Gasteiger partial charge in [0, 0.05) is 0 Å². The molecule has 1 atom stereocenters. The first-order chi connectivity index (χ1) is 8.49. The molecule has 110 valence electrons. The van der Waals surface area contributed by atoms with Crippen LogP contribution in [0, 0.1) is 5.41 Å². The van der Waals surface area contributed by atoms with Crippen LogP contribution in [0.2, 0.25) is 0 Å². The highest BCUT2D eigenvalue weighted by Crippen LogP contribution is 2.60. The minimum Gasteiger partial charge on any atom is -0.444 e. The Bertz CT molecular complexity index is 356. The van der Waals surface area contributed by atoms with Crippen molar-refractivity contribution in [2.24, 2.45) is 5.41 Å². The van der Waals surface area contributed by atoms with Gasteiger partial charge in [0.15, 0.2) is 0 Å². The number of halogens is 3. The molecule has 19 heavy (non-hydrogen) atoms.